The molecule has 2 fully saturated rings. The number of nitrogens with zero attached hydrogens (tertiary/aromatic N) is 3. The summed E-state index contributed by atoms with van der Waals surface area (Å²) in [5, 5.41) is 8.04. The maximum absolute atomic E-state index is 13.7. The zero-order valence-corrected chi connectivity index (χ0v) is 19.6. The minimum Gasteiger partial charge on any atom is -0.376 e. The minimum absolute atomic E-state index is 0.0352. The van der Waals surface area contributed by atoms with Gasteiger partial charge in [0.2, 0.25) is 0 Å². The van der Waals surface area contributed by atoms with Gasteiger partial charge in [-0.1, -0.05) is 5.21 Å². The van der Waals surface area contributed by atoms with Crippen LogP contribution in [0.25, 0.3) is 11.3 Å². The molecule has 1 unspecified atom stereocenters. The Morgan fingerprint density at radius 2 is 1.88 bits per heavy atom. The van der Waals surface area contributed by atoms with Gasteiger partial charge in [0.05, 0.1) is 19.9 Å². The van der Waals surface area contributed by atoms with E-state index in [4.69, 9.17) is 18.9 Å². The molecule has 2 aliphatic heterocycles. The number of ether oxygens (including phenoxy) is 4. The van der Waals surface area contributed by atoms with E-state index in [1.54, 1.807) is 13.8 Å². The predicted molar refractivity (Wildman–Crippen MR) is 110 cm³/mol. The first kappa shape index (κ1) is 25.0. The van der Waals surface area contributed by atoms with E-state index < -0.39 is 69.6 Å². The lowest BCUT2D eigenvalue weighted by Gasteiger charge is -2.50. The summed E-state index contributed by atoms with van der Waals surface area (Å²) in [7, 11) is -1.51. The number of hydrogen-bond acceptors (Lipinski definition) is 9. The lowest BCUT2D eigenvalue weighted by atomic mass is 9.91. The van der Waals surface area contributed by atoms with Crippen molar-refractivity contribution >= 4 is 10.1 Å². The quantitative estimate of drug-likeness (QED) is 0.427. The maximum Gasteiger partial charge on any atom is 0.269 e. The molecule has 0 aliphatic carbocycles. The Kier molecular flexibility index (Phi) is 6.74. The Morgan fingerprint density at radius 1 is 1.21 bits per heavy atom. The topological polar surface area (TPSA) is 111 Å². The van der Waals surface area contributed by atoms with Crippen molar-refractivity contribution in [1.29, 1.82) is 0 Å². The largest absolute Gasteiger partial charge is 0.376 e. The van der Waals surface area contributed by atoms with Crippen molar-refractivity contribution in [3.63, 3.8) is 0 Å². The Balaban J connectivity index is 1.74. The van der Waals surface area contributed by atoms with E-state index in [-0.39, 0.29) is 17.9 Å². The second kappa shape index (κ2) is 9.17. The van der Waals surface area contributed by atoms with Gasteiger partial charge in [-0.05, 0) is 26.0 Å². The molecule has 5 atom stereocenters. The fraction of sp³-hybridized carbons (Fsp3) is 0.600. The fourth-order valence-electron chi connectivity index (χ4n) is 4.18. The molecule has 188 valence electrons. The molecule has 0 amide bonds. The molecule has 1 aromatic carbocycles. The Hall–Kier alpha value is -2.10. The third-order valence-corrected chi connectivity index (χ3v) is 7.01. The zero-order chi connectivity index (χ0) is 24.8. The van der Waals surface area contributed by atoms with E-state index in [1.165, 1.54) is 18.0 Å². The Bertz CT molecular complexity index is 1140. The van der Waals surface area contributed by atoms with Gasteiger partial charge in [0.15, 0.2) is 23.2 Å². The standard InChI is InChI=1S/C20H24F3N3O7S/c1-20(2)31-8-14-19(33-20)17(18(29-3)15(32-14)9-34(27,28)30-4)26-7-13(24-25-26)10-5-11(21)16(23)12(22)6-10/h5-7,14-15,17-19H,8-9H2,1-4H3/t14-,15+,17?,18+,19+/m1/s1. The van der Waals surface area contributed by atoms with Crippen molar-refractivity contribution in [2.45, 2.75) is 50.1 Å². The fourth-order valence-corrected chi connectivity index (χ4v) is 4.99. The second-order valence-electron chi connectivity index (χ2n) is 8.43. The molecule has 4 rings (SSSR count). The molecular formula is C20H24F3N3O7S. The molecule has 3 heterocycles. The third kappa shape index (κ3) is 4.83. The number of rotatable bonds is 6. The van der Waals surface area contributed by atoms with Crippen molar-refractivity contribution in [2.24, 2.45) is 0 Å². The summed E-state index contributed by atoms with van der Waals surface area (Å²) < 4.78 is 94.5. The van der Waals surface area contributed by atoms with Gasteiger partial charge in [0, 0.05) is 12.7 Å². The molecule has 0 radical (unpaired) electrons. The van der Waals surface area contributed by atoms with Crippen LogP contribution in [0.5, 0.6) is 0 Å². The van der Waals surface area contributed by atoms with Crippen LogP contribution in [0.2, 0.25) is 0 Å². The molecule has 0 bridgehead atoms. The summed E-state index contributed by atoms with van der Waals surface area (Å²) in [4.78, 5) is 0. The molecular weight excluding hydrogens is 483 g/mol. The summed E-state index contributed by atoms with van der Waals surface area (Å²) in [5.41, 5.74) is 0.0232. The van der Waals surface area contributed by atoms with E-state index >= 15 is 0 Å². The average Bonchev–Trinajstić information content (AvgIpc) is 3.25. The number of aromatic nitrogens is 3. The van der Waals surface area contributed by atoms with Crippen LogP contribution in [-0.4, -0.2) is 80.2 Å². The van der Waals surface area contributed by atoms with E-state index in [0.29, 0.717) is 0 Å². The van der Waals surface area contributed by atoms with Crippen LogP contribution in [0.1, 0.15) is 19.9 Å². The first-order chi connectivity index (χ1) is 15.9. The molecule has 34 heavy (non-hydrogen) atoms. The van der Waals surface area contributed by atoms with Gasteiger partial charge in [-0.15, -0.1) is 5.10 Å². The molecule has 10 nitrogen and oxygen atoms in total. The number of halogens is 3. The summed E-state index contributed by atoms with van der Waals surface area (Å²) >= 11 is 0. The molecule has 1 aromatic heterocycles. The van der Waals surface area contributed by atoms with Crippen LogP contribution in [0.4, 0.5) is 13.2 Å². The molecule has 2 aliphatic rings. The van der Waals surface area contributed by atoms with Crippen LogP contribution in [0, 0.1) is 17.5 Å². The molecule has 0 spiro atoms. The Labute approximate surface area is 194 Å². The van der Waals surface area contributed by atoms with Crippen LogP contribution in [0.15, 0.2) is 18.3 Å². The van der Waals surface area contributed by atoms with Crippen molar-refractivity contribution in [3.05, 3.63) is 35.8 Å². The maximum atomic E-state index is 13.7. The summed E-state index contributed by atoms with van der Waals surface area (Å²) in [6, 6.07) is 0.838. The van der Waals surface area contributed by atoms with Crippen LogP contribution in [-0.2, 0) is 33.2 Å². The van der Waals surface area contributed by atoms with Gasteiger partial charge in [0.1, 0.15) is 41.9 Å². The predicted octanol–water partition coefficient (Wildman–Crippen LogP) is 1.81. The highest BCUT2D eigenvalue weighted by Crippen LogP contribution is 2.40. The Morgan fingerprint density at radius 3 is 2.50 bits per heavy atom. The van der Waals surface area contributed by atoms with Gasteiger partial charge < -0.3 is 18.9 Å². The highest BCUT2D eigenvalue weighted by Gasteiger charge is 2.53. The van der Waals surface area contributed by atoms with E-state index in [1.807, 2.05) is 0 Å². The average molecular weight is 507 g/mol. The molecule has 0 saturated carbocycles. The molecule has 14 heteroatoms. The highest BCUT2D eigenvalue weighted by atomic mass is 32.2. The van der Waals surface area contributed by atoms with Gasteiger partial charge in [0.25, 0.3) is 10.1 Å². The van der Waals surface area contributed by atoms with Crippen molar-refractivity contribution < 1.29 is 44.7 Å². The molecule has 2 aromatic rings. The number of benzene rings is 1. The summed E-state index contributed by atoms with van der Waals surface area (Å²) in [5.74, 6) is -5.84. The molecule has 0 N–H and O–H groups in total. The van der Waals surface area contributed by atoms with Crippen molar-refractivity contribution in [1.82, 2.24) is 15.0 Å². The number of fused-ring (bicyclic) bond motifs is 1. The lowest BCUT2D eigenvalue weighted by Crippen LogP contribution is -2.63. The molecule has 2 saturated heterocycles. The van der Waals surface area contributed by atoms with Crippen LogP contribution >= 0.6 is 0 Å². The first-order valence-electron chi connectivity index (χ1n) is 10.3. The van der Waals surface area contributed by atoms with Gasteiger partial charge in [-0.25, -0.2) is 17.9 Å². The van der Waals surface area contributed by atoms with E-state index in [2.05, 4.69) is 14.5 Å². The third-order valence-electron chi connectivity index (χ3n) is 5.76. The normalized spacial score (nSPS) is 29.1. The zero-order valence-electron chi connectivity index (χ0n) is 18.8. The van der Waals surface area contributed by atoms with Gasteiger partial charge >= 0.3 is 0 Å². The summed E-state index contributed by atoms with van der Waals surface area (Å²) in [6.45, 7) is 3.52. The number of methoxy groups -OCH3 is 1. The highest BCUT2D eigenvalue weighted by molar-refractivity contribution is 7.86. The van der Waals surface area contributed by atoms with Crippen molar-refractivity contribution in [2.75, 3.05) is 26.6 Å². The van der Waals surface area contributed by atoms with Gasteiger partial charge in [-0.3, -0.25) is 4.18 Å². The van der Waals surface area contributed by atoms with Crippen molar-refractivity contribution in [3.8, 4) is 11.3 Å². The minimum atomic E-state index is -3.93. The van der Waals surface area contributed by atoms with Gasteiger partial charge in [-0.2, -0.15) is 8.42 Å². The van der Waals surface area contributed by atoms with E-state index in [0.717, 1.165) is 19.2 Å². The van der Waals surface area contributed by atoms with E-state index in [9.17, 15) is 21.6 Å². The lowest BCUT2D eigenvalue weighted by molar-refractivity contribution is -0.348. The van der Waals surface area contributed by atoms with Crippen LogP contribution < -0.4 is 0 Å². The SMILES string of the molecule is CO[C@@H]1C(n2cc(-c3cc(F)c(F)c(F)c3)nn2)[C@H]2OC(C)(C)OC[C@H]2O[C@H]1CS(=O)(=O)OC. The first-order valence-corrected chi connectivity index (χ1v) is 11.9. The summed E-state index contributed by atoms with van der Waals surface area (Å²) in [6.07, 6.45) is -1.88. The number of hydrogen-bond donors (Lipinski definition) is 0. The monoisotopic (exact) mass is 507 g/mol. The second-order valence-corrected chi connectivity index (χ2v) is 10.2. The van der Waals surface area contributed by atoms with Crippen LogP contribution in [0.3, 0.4) is 0 Å². The smallest absolute Gasteiger partial charge is 0.269 e.